The molecule has 1 aromatic heterocycles. The maximum atomic E-state index is 14.1. The number of hydrogen-bond acceptors (Lipinski definition) is 6. The Morgan fingerprint density at radius 1 is 1.28 bits per heavy atom. The molecule has 2 aliphatic heterocycles. The quantitative estimate of drug-likeness (QED) is 0.782. The molecule has 2 aliphatic rings. The van der Waals surface area contributed by atoms with Crippen LogP contribution in [-0.4, -0.2) is 59.6 Å². The molecule has 29 heavy (non-hydrogen) atoms. The number of rotatable bonds is 4. The first-order chi connectivity index (χ1) is 13.7. The molecule has 2 aromatic rings. The Labute approximate surface area is 168 Å². The summed E-state index contributed by atoms with van der Waals surface area (Å²) in [5.41, 5.74) is 7.90. The molecular weight excluding hydrogens is 404 g/mol. The molecule has 4 rings (SSSR count). The molecule has 0 saturated carbocycles. The third-order valence-electron chi connectivity index (χ3n) is 5.46. The highest BCUT2D eigenvalue weighted by Crippen LogP contribution is 2.34. The van der Waals surface area contributed by atoms with Gasteiger partial charge in [0.15, 0.2) is 0 Å². The van der Waals surface area contributed by atoms with E-state index in [1.54, 1.807) is 0 Å². The molecule has 0 bridgehead atoms. The van der Waals surface area contributed by atoms with E-state index >= 15 is 0 Å². The summed E-state index contributed by atoms with van der Waals surface area (Å²) >= 11 is 0. The first-order valence-corrected chi connectivity index (χ1v) is 10.6. The van der Waals surface area contributed by atoms with Gasteiger partial charge < -0.3 is 10.5 Å². The predicted molar refractivity (Wildman–Crippen MR) is 101 cm³/mol. The Morgan fingerprint density at radius 2 is 2.03 bits per heavy atom. The van der Waals surface area contributed by atoms with Gasteiger partial charge in [-0.3, -0.25) is 4.90 Å². The van der Waals surface area contributed by atoms with Crippen molar-refractivity contribution in [2.45, 2.75) is 37.7 Å². The zero-order valence-corrected chi connectivity index (χ0v) is 16.9. The van der Waals surface area contributed by atoms with Gasteiger partial charge in [-0.05, 0) is 24.6 Å². The summed E-state index contributed by atoms with van der Waals surface area (Å²) < 4.78 is 59.9. The fourth-order valence-electron chi connectivity index (χ4n) is 3.85. The standard InChI is InChI=1S/C18H23F2N5O3S/c1-23(2)29(26,27)25-8-11-7-24(9-17(11)22-25)13-6-16(21)18(28-10-13)14-5-12(19)3-4-15(14)20/h3-5,8,13,16,18H,6-7,9-10,21H2,1-2H3/t13-,16+,18-/m1/s1. The molecule has 0 radical (unpaired) electrons. The Morgan fingerprint density at radius 3 is 2.69 bits per heavy atom. The summed E-state index contributed by atoms with van der Waals surface area (Å²) in [5.74, 6) is -1.07. The minimum absolute atomic E-state index is 0.0222. The molecule has 3 atom stereocenters. The van der Waals surface area contributed by atoms with Gasteiger partial charge in [-0.25, -0.2) is 8.78 Å². The van der Waals surface area contributed by atoms with Gasteiger partial charge in [-0.1, -0.05) is 0 Å². The highest BCUT2D eigenvalue weighted by Gasteiger charge is 2.37. The van der Waals surface area contributed by atoms with E-state index in [1.165, 1.54) is 20.3 Å². The van der Waals surface area contributed by atoms with E-state index in [2.05, 4.69) is 10.00 Å². The van der Waals surface area contributed by atoms with Gasteiger partial charge in [0.05, 0.1) is 12.3 Å². The summed E-state index contributed by atoms with van der Waals surface area (Å²) in [6.07, 6.45) is 1.36. The second kappa shape index (κ2) is 7.40. The number of nitrogens with zero attached hydrogens (tertiary/aromatic N) is 4. The normalized spacial score (nSPS) is 25.5. The minimum atomic E-state index is -3.64. The van der Waals surface area contributed by atoms with Crippen molar-refractivity contribution in [1.29, 1.82) is 0 Å². The van der Waals surface area contributed by atoms with Crippen molar-refractivity contribution in [3.8, 4) is 0 Å². The van der Waals surface area contributed by atoms with Crippen LogP contribution in [0.5, 0.6) is 0 Å². The minimum Gasteiger partial charge on any atom is -0.370 e. The second-order valence-electron chi connectivity index (χ2n) is 7.64. The van der Waals surface area contributed by atoms with Gasteiger partial charge >= 0.3 is 10.2 Å². The lowest BCUT2D eigenvalue weighted by molar-refractivity contribution is -0.0533. The van der Waals surface area contributed by atoms with Crippen molar-refractivity contribution in [3.63, 3.8) is 0 Å². The molecule has 1 aromatic carbocycles. The highest BCUT2D eigenvalue weighted by atomic mass is 32.2. The monoisotopic (exact) mass is 427 g/mol. The number of halogens is 2. The van der Waals surface area contributed by atoms with Gasteiger partial charge in [0, 0.05) is 56.6 Å². The molecule has 0 aliphatic carbocycles. The van der Waals surface area contributed by atoms with E-state index in [0.29, 0.717) is 31.8 Å². The topological polar surface area (TPSA) is 93.7 Å². The Hall–Kier alpha value is -1.92. The average molecular weight is 427 g/mol. The Balaban J connectivity index is 1.44. The van der Waals surface area contributed by atoms with Crippen molar-refractivity contribution in [1.82, 2.24) is 18.4 Å². The van der Waals surface area contributed by atoms with Crippen LogP contribution in [0.15, 0.2) is 24.4 Å². The van der Waals surface area contributed by atoms with Crippen LogP contribution in [-0.2, 0) is 28.0 Å². The van der Waals surface area contributed by atoms with Gasteiger partial charge in [0.25, 0.3) is 0 Å². The van der Waals surface area contributed by atoms with Crippen LogP contribution in [0.4, 0.5) is 8.78 Å². The summed E-state index contributed by atoms with van der Waals surface area (Å²) in [7, 11) is -0.739. The molecule has 1 fully saturated rings. The number of benzene rings is 1. The van der Waals surface area contributed by atoms with Gasteiger partial charge in [0.2, 0.25) is 0 Å². The zero-order chi connectivity index (χ0) is 20.9. The van der Waals surface area contributed by atoms with E-state index in [0.717, 1.165) is 32.2 Å². The molecule has 0 amide bonds. The first kappa shape index (κ1) is 20.4. The van der Waals surface area contributed by atoms with Crippen LogP contribution in [0.2, 0.25) is 0 Å². The van der Waals surface area contributed by atoms with Crippen LogP contribution < -0.4 is 5.73 Å². The lowest BCUT2D eigenvalue weighted by atomic mass is 9.93. The van der Waals surface area contributed by atoms with E-state index in [1.807, 2.05) is 0 Å². The molecule has 2 N–H and O–H groups in total. The first-order valence-electron chi connectivity index (χ1n) is 9.23. The molecule has 158 valence electrons. The predicted octanol–water partition coefficient (Wildman–Crippen LogP) is 0.989. The van der Waals surface area contributed by atoms with Crippen molar-refractivity contribution in [3.05, 3.63) is 52.9 Å². The van der Waals surface area contributed by atoms with Crippen molar-refractivity contribution < 1.29 is 21.9 Å². The zero-order valence-electron chi connectivity index (χ0n) is 16.1. The molecule has 3 heterocycles. The SMILES string of the molecule is CN(C)S(=O)(=O)n1cc2c(n1)CN([C@H]1CO[C@H](c3cc(F)ccc3F)[C@@H](N)C1)C2. The van der Waals surface area contributed by atoms with E-state index in [4.69, 9.17) is 10.5 Å². The fourth-order valence-corrected chi connectivity index (χ4v) is 4.64. The maximum Gasteiger partial charge on any atom is 0.322 e. The lowest BCUT2D eigenvalue weighted by Gasteiger charge is -2.38. The summed E-state index contributed by atoms with van der Waals surface area (Å²) in [4.78, 5) is 2.11. The van der Waals surface area contributed by atoms with Gasteiger partial charge in [0.1, 0.15) is 17.7 Å². The summed E-state index contributed by atoms with van der Waals surface area (Å²) in [5, 5.41) is 4.21. The molecular formula is C18H23F2N5O3S. The number of nitrogens with two attached hydrogens (primary N) is 1. The van der Waals surface area contributed by atoms with Gasteiger partial charge in [-0.2, -0.15) is 21.9 Å². The Bertz CT molecular complexity index is 1000. The van der Waals surface area contributed by atoms with Crippen LogP contribution in [0.1, 0.15) is 29.3 Å². The summed E-state index contributed by atoms with van der Waals surface area (Å²) in [6, 6.07) is 2.75. The number of hydrogen-bond donors (Lipinski definition) is 1. The molecule has 0 unspecified atom stereocenters. The Kier molecular flexibility index (Phi) is 5.20. The third-order valence-corrected chi connectivity index (χ3v) is 7.05. The largest absolute Gasteiger partial charge is 0.370 e. The van der Waals surface area contributed by atoms with E-state index < -0.39 is 34.0 Å². The van der Waals surface area contributed by atoms with Crippen LogP contribution in [0.25, 0.3) is 0 Å². The van der Waals surface area contributed by atoms with Crippen molar-refractivity contribution in [2.24, 2.45) is 5.73 Å². The second-order valence-corrected chi connectivity index (χ2v) is 9.64. The fraction of sp³-hybridized carbons (Fsp3) is 0.500. The number of aromatic nitrogens is 2. The molecule has 8 nitrogen and oxygen atoms in total. The van der Waals surface area contributed by atoms with Crippen LogP contribution in [0.3, 0.4) is 0 Å². The maximum absolute atomic E-state index is 14.1. The van der Waals surface area contributed by atoms with E-state index in [-0.39, 0.29) is 11.6 Å². The van der Waals surface area contributed by atoms with E-state index in [9.17, 15) is 17.2 Å². The molecule has 11 heteroatoms. The highest BCUT2D eigenvalue weighted by molar-refractivity contribution is 7.87. The number of fused-ring (bicyclic) bond motifs is 1. The van der Waals surface area contributed by atoms with Crippen LogP contribution in [0, 0.1) is 11.6 Å². The van der Waals surface area contributed by atoms with Crippen molar-refractivity contribution >= 4 is 10.2 Å². The smallest absolute Gasteiger partial charge is 0.322 e. The molecule has 1 saturated heterocycles. The van der Waals surface area contributed by atoms with Crippen molar-refractivity contribution in [2.75, 3.05) is 20.7 Å². The van der Waals surface area contributed by atoms with Crippen LogP contribution >= 0.6 is 0 Å². The third kappa shape index (κ3) is 3.68. The number of ether oxygens (including phenoxy) is 1. The summed E-state index contributed by atoms with van der Waals surface area (Å²) in [6.45, 7) is 1.32. The molecule has 0 spiro atoms. The lowest BCUT2D eigenvalue weighted by Crippen LogP contribution is -2.47. The average Bonchev–Trinajstić information content (AvgIpc) is 3.23. The van der Waals surface area contributed by atoms with Gasteiger partial charge in [-0.15, -0.1) is 0 Å².